The summed E-state index contributed by atoms with van der Waals surface area (Å²) in [5.74, 6) is 1.62. The van der Waals surface area contributed by atoms with E-state index in [0.29, 0.717) is 17.0 Å². The molecule has 1 aliphatic heterocycles. The molecule has 4 rings (SSSR count). The van der Waals surface area contributed by atoms with E-state index in [1.807, 2.05) is 12.1 Å². The molecular weight excluding hydrogens is 444 g/mol. The molecule has 1 aromatic carbocycles. The van der Waals surface area contributed by atoms with Crippen LogP contribution in [0.1, 0.15) is 64.2 Å². The molecule has 0 aliphatic carbocycles. The minimum absolute atomic E-state index is 0.160. The van der Waals surface area contributed by atoms with Gasteiger partial charge in [0.25, 0.3) is 5.91 Å². The summed E-state index contributed by atoms with van der Waals surface area (Å²) in [6.07, 6.45) is 4.76. The SMILES string of the molecule is COC(=O)c1ccc(CN2CCc3nnc(C(CC(C)C)NC(=O)c4cccnc4)n3CC2)cc1. The van der Waals surface area contributed by atoms with Crippen LogP contribution in [0, 0.1) is 5.92 Å². The van der Waals surface area contributed by atoms with Crippen molar-refractivity contribution in [1.29, 1.82) is 0 Å². The first-order valence-electron chi connectivity index (χ1n) is 12.0. The van der Waals surface area contributed by atoms with E-state index in [4.69, 9.17) is 4.74 Å². The Morgan fingerprint density at radius 1 is 1.06 bits per heavy atom. The van der Waals surface area contributed by atoms with E-state index in [1.54, 1.807) is 36.7 Å². The number of hydrogen-bond acceptors (Lipinski definition) is 7. The Morgan fingerprint density at radius 2 is 1.86 bits per heavy atom. The Balaban J connectivity index is 1.45. The molecule has 0 fully saturated rings. The van der Waals surface area contributed by atoms with Gasteiger partial charge in [0.15, 0.2) is 5.82 Å². The summed E-state index contributed by atoms with van der Waals surface area (Å²) in [6, 6.07) is 10.8. The normalized spacial score (nSPS) is 14.7. The van der Waals surface area contributed by atoms with Gasteiger partial charge < -0.3 is 14.6 Å². The standard InChI is InChI=1S/C26H32N6O3/c1-18(2)15-22(28-25(33)21-5-4-11-27-16-21)24-30-29-23-10-12-31(13-14-32(23)24)17-19-6-8-20(9-7-19)26(34)35-3/h4-9,11,16,18,22H,10,12-15,17H2,1-3H3,(H,28,33). The lowest BCUT2D eigenvalue weighted by Crippen LogP contribution is -2.32. The number of carbonyl (C=O) groups excluding carboxylic acids is 2. The molecule has 1 atom stereocenters. The van der Waals surface area contributed by atoms with Crippen molar-refractivity contribution in [2.24, 2.45) is 5.92 Å². The van der Waals surface area contributed by atoms with Crippen molar-refractivity contribution in [3.63, 3.8) is 0 Å². The van der Waals surface area contributed by atoms with Crippen LogP contribution >= 0.6 is 0 Å². The van der Waals surface area contributed by atoms with E-state index < -0.39 is 0 Å². The number of amides is 1. The largest absolute Gasteiger partial charge is 0.465 e. The van der Waals surface area contributed by atoms with Crippen LogP contribution < -0.4 is 5.32 Å². The molecule has 1 unspecified atom stereocenters. The third kappa shape index (κ3) is 6.10. The lowest BCUT2D eigenvalue weighted by atomic mass is 10.0. The monoisotopic (exact) mass is 476 g/mol. The van der Waals surface area contributed by atoms with Gasteiger partial charge in [0.2, 0.25) is 0 Å². The molecule has 3 aromatic rings. The van der Waals surface area contributed by atoms with E-state index in [2.05, 4.69) is 43.8 Å². The van der Waals surface area contributed by atoms with Crippen molar-refractivity contribution >= 4 is 11.9 Å². The molecule has 0 saturated carbocycles. The predicted octanol–water partition coefficient (Wildman–Crippen LogP) is 3.04. The van der Waals surface area contributed by atoms with Crippen LogP contribution in [-0.2, 0) is 24.2 Å². The second kappa shape index (κ2) is 11.2. The van der Waals surface area contributed by atoms with E-state index in [9.17, 15) is 9.59 Å². The van der Waals surface area contributed by atoms with Gasteiger partial charge in [-0.3, -0.25) is 14.7 Å². The maximum absolute atomic E-state index is 12.9. The van der Waals surface area contributed by atoms with Gasteiger partial charge in [0, 0.05) is 45.0 Å². The number of methoxy groups -OCH3 is 1. The van der Waals surface area contributed by atoms with Crippen molar-refractivity contribution in [1.82, 2.24) is 30.0 Å². The van der Waals surface area contributed by atoms with E-state index in [-0.39, 0.29) is 17.9 Å². The Kier molecular flexibility index (Phi) is 7.87. The molecule has 3 heterocycles. The van der Waals surface area contributed by atoms with Crippen molar-refractivity contribution in [3.05, 3.63) is 77.1 Å². The van der Waals surface area contributed by atoms with Gasteiger partial charge in [-0.05, 0) is 42.2 Å². The summed E-state index contributed by atoms with van der Waals surface area (Å²) in [5.41, 5.74) is 2.21. The Hall–Kier alpha value is -3.59. The fourth-order valence-corrected chi connectivity index (χ4v) is 4.37. The van der Waals surface area contributed by atoms with Crippen molar-refractivity contribution in [2.75, 3.05) is 20.2 Å². The molecule has 35 heavy (non-hydrogen) atoms. The van der Waals surface area contributed by atoms with E-state index >= 15 is 0 Å². The van der Waals surface area contributed by atoms with Gasteiger partial charge in [0.05, 0.1) is 24.3 Å². The highest BCUT2D eigenvalue weighted by Crippen LogP contribution is 2.23. The smallest absolute Gasteiger partial charge is 0.337 e. The van der Waals surface area contributed by atoms with Crippen LogP contribution in [0.4, 0.5) is 0 Å². The predicted molar refractivity (Wildman–Crippen MR) is 131 cm³/mol. The molecule has 0 saturated heterocycles. The first kappa shape index (κ1) is 24.5. The molecule has 2 aromatic heterocycles. The minimum atomic E-state index is -0.330. The van der Waals surface area contributed by atoms with Crippen molar-refractivity contribution in [2.45, 2.75) is 45.8 Å². The molecule has 1 aliphatic rings. The molecule has 9 nitrogen and oxygen atoms in total. The number of pyridine rings is 1. The number of carbonyl (C=O) groups is 2. The van der Waals surface area contributed by atoms with E-state index in [1.165, 1.54) is 7.11 Å². The first-order valence-corrected chi connectivity index (χ1v) is 12.0. The van der Waals surface area contributed by atoms with Crippen LogP contribution in [0.5, 0.6) is 0 Å². The quantitative estimate of drug-likeness (QED) is 0.499. The molecule has 0 spiro atoms. The number of ether oxygens (including phenoxy) is 1. The number of rotatable bonds is 8. The average Bonchev–Trinajstić information content (AvgIpc) is 3.17. The Bertz CT molecular complexity index is 1140. The van der Waals surface area contributed by atoms with Crippen LogP contribution in [0.15, 0.2) is 48.8 Å². The zero-order valence-corrected chi connectivity index (χ0v) is 20.5. The summed E-state index contributed by atoms with van der Waals surface area (Å²) in [4.78, 5) is 31.0. The number of nitrogens with one attached hydrogen (secondary N) is 1. The Labute approximate surface area is 205 Å². The fraction of sp³-hybridized carbons (Fsp3) is 0.423. The molecule has 0 bridgehead atoms. The molecule has 9 heteroatoms. The summed E-state index contributed by atoms with van der Waals surface area (Å²) in [5, 5.41) is 12.1. The number of nitrogens with zero attached hydrogens (tertiary/aromatic N) is 5. The van der Waals surface area contributed by atoms with Crippen LogP contribution in [0.2, 0.25) is 0 Å². The van der Waals surface area contributed by atoms with Gasteiger partial charge in [-0.15, -0.1) is 10.2 Å². The second-order valence-electron chi connectivity index (χ2n) is 9.24. The highest BCUT2D eigenvalue weighted by Gasteiger charge is 2.26. The number of esters is 1. The highest BCUT2D eigenvalue weighted by atomic mass is 16.5. The molecular formula is C26H32N6O3. The molecule has 0 radical (unpaired) electrons. The minimum Gasteiger partial charge on any atom is -0.465 e. The zero-order valence-electron chi connectivity index (χ0n) is 20.5. The number of benzene rings is 1. The zero-order chi connectivity index (χ0) is 24.8. The van der Waals surface area contributed by atoms with Gasteiger partial charge in [0.1, 0.15) is 5.82 Å². The topological polar surface area (TPSA) is 102 Å². The van der Waals surface area contributed by atoms with Crippen LogP contribution in [0.25, 0.3) is 0 Å². The van der Waals surface area contributed by atoms with Crippen LogP contribution in [-0.4, -0.2) is 56.7 Å². The number of fused-ring (bicyclic) bond motifs is 1. The highest BCUT2D eigenvalue weighted by molar-refractivity contribution is 5.94. The second-order valence-corrected chi connectivity index (χ2v) is 9.24. The third-order valence-electron chi connectivity index (χ3n) is 6.18. The van der Waals surface area contributed by atoms with Crippen molar-refractivity contribution in [3.8, 4) is 0 Å². The summed E-state index contributed by atoms with van der Waals surface area (Å²) < 4.78 is 6.94. The van der Waals surface area contributed by atoms with Gasteiger partial charge in [-0.25, -0.2) is 4.79 Å². The van der Waals surface area contributed by atoms with Crippen molar-refractivity contribution < 1.29 is 14.3 Å². The fourth-order valence-electron chi connectivity index (χ4n) is 4.37. The van der Waals surface area contributed by atoms with Gasteiger partial charge >= 0.3 is 5.97 Å². The Morgan fingerprint density at radius 3 is 2.54 bits per heavy atom. The molecule has 184 valence electrons. The van der Waals surface area contributed by atoms with E-state index in [0.717, 1.165) is 56.2 Å². The first-order chi connectivity index (χ1) is 16.9. The lowest BCUT2D eigenvalue weighted by Gasteiger charge is -2.22. The maximum atomic E-state index is 12.9. The number of aromatic nitrogens is 4. The van der Waals surface area contributed by atoms with Gasteiger partial charge in [-0.1, -0.05) is 26.0 Å². The maximum Gasteiger partial charge on any atom is 0.337 e. The molecule has 1 amide bonds. The average molecular weight is 477 g/mol. The van der Waals surface area contributed by atoms with Crippen LogP contribution in [0.3, 0.4) is 0 Å². The van der Waals surface area contributed by atoms with Gasteiger partial charge in [-0.2, -0.15) is 0 Å². The third-order valence-corrected chi connectivity index (χ3v) is 6.18. The summed E-state index contributed by atoms with van der Waals surface area (Å²) in [6.45, 7) is 7.49. The number of hydrogen-bond donors (Lipinski definition) is 1. The summed E-state index contributed by atoms with van der Waals surface area (Å²) in [7, 11) is 1.38. The molecule has 1 N–H and O–H groups in total. The lowest BCUT2D eigenvalue weighted by molar-refractivity contribution is 0.0600. The summed E-state index contributed by atoms with van der Waals surface area (Å²) >= 11 is 0.